The van der Waals surface area contributed by atoms with Gasteiger partial charge in [0.05, 0.1) is 25.0 Å². The zero-order chi connectivity index (χ0) is 19.8. The van der Waals surface area contributed by atoms with Gasteiger partial charge in [-0.25, -0.2) is 0 Å². The van der Waals surface area contributed by atoms with Crippen molar-refractivity contribution in [3.63, 3.8) is 0 Å². The summed E-state index contributed by atoms with van der Waals surface area (Å²) in [5, 5.41) is 8.42. The fourth-order valence-corrected chi connectivity index (χ4v) is 4.18. The molecule has 1 aliphatic carbocycles. The van der Waals surface area contributed by atoms with Crippen LogP contribution in [-0.4, -0.2) is 38.9 Å². The van der Waals surface area contributed by atoms with Gasteiger partial charge in [0.1, 0.15) is 0 Å². The highest BCUT2D eigenvalue weighted by atomic mass is 16.5. The van der Waals surface area contributed by atoms with Crippen LogP contribution >= 0.6 is 0 Å². The number of Topliss-reactive ketones (excluding diaryl/α,β-unsaturated/α-hetero) is 1. The van der Waals surface area contributed by atoms with E-state index < -0.39 is 0 Å². The number of hydrogen-bond donors (Lipinski definition) is 0. The third kappa shape index (κ3) is 3.62. The van der Waals surface area contributed by atoms with E-state index in [0.717, 1.165) is 44.6 Å². The number of fused-ring (bicyclic) bond motifs is 1. The van der Waals surface area contributed by atoms with Crippen LogP contribution in [0.15, 0.2) is 35.1 Å². The molecule has 3 heterocycles. The molecule has 29 heavy (non-hydrogen) atoms. The molecule has 1 saturated heterocycles. The second-order valence-corrected chi connectivity index (χ2v) is 8.00. The minimum Gasteiger partial charge on any atom is -0.381 e. The molecular formula is C22H24N4O3. The number of aromatic nitrogens is 4. The molecule has 0 saturated carbocycles. The Morgan fingerprint density at radius 3 is 2.97 bits per heavy atom. The van der Waals surface area contributed by atoms with Crippen LogP contribution in [-0.2, 0) is 24.1 Å². The van der Waals surface area contributed by atoms with Crippen LogP contribution in [0.5, 0.6) is 0 Å². The van der Waals surface area contributed by atoms with Crippen LogP contribution in [0.1, 0.15) is 53.1 Å². The third-order valence-corrected chi connectivity index (χ3v) is 5.91. The first-order valence-electron chi connectivity index (χ1n) is 10.3. The highest BCUT2D eigenvalue weighted by molar-refractivity contribution is 5.96. The number of benzene rings is 1. The Kier molecular flexibility index (Phi) is 4.75. The van der Waals surface area contributed by atoms with Crippen molar-refractivity contribution in [2.75, 3.05) is 13.2 Å². The Morgan fingerprint density at radius 1 is 1.31 bits per heavy atom. The zero-order valence-corrected chi connectivity index (χ0v) is 16.5. The Balaban J connectivity index is 1.27. The number of nitrogens with zero attached hydrogens (tertiary/aromatic N) is 4. The van der Waals surface area contributed by atoms with Crippen molar-refractivity contribution in [2.24, 2.45) is 5.92 Å². The zero-order valence-electron chi connectivity index (χ0n) is 16.5. The Bertz CT molecular complexity index is 1030. The molecule has 3 aromatic rings. The quantitative estimate of drug-likeness (QED) is 0.573. The molecule has 7 heteroatoms. The predicted octanol–water partition coefficient (Wildman–Crippen LogP) is 3.44. The molecule has 1 atom stereocenters. The predicted molar refractivity (Wildman–Crippen MR) is 106 cm³/mol. The number of hydrogen-bond acceptors (Lipinski definition) is 6. The SMILES string of the molecule is CCc1nc(-c2ccc3c(c2)CC[C@H]3CC(=O)c2cnn(CC3COC3)c2)no1. The lowest BCUT2D eigenvalue weighted by Crippen LogP contribution is -2.31. The molecule has 2 aromatic heterocycles. The molecule has 0 N–H and O–H groups in total. The van der Waals surface area contributed by atoms with Crippen LogP contribution in [0.4, 0.5) is 0 Å². The van der Waals surface area contributed by atoms with E-state index in [4.69, 9.17) is 9.26 Å². The number of carbonyl (C=O) groups excluding carboxylic acids is 1. The molecule has 0 spiro atoms. The molecule has 2 aliphatic rings. The summed E-state index contributed by atoms with van der Waals surface area (Å²) in [6.07, 6.45) is 6.79. The fourth-order valence-electron chi connectivity index (χ4n) is 4.18. The van der Waals surface area contributed by atoms with E-state index in [1.54, 1.807) is 6.20 Å². The number of aryl methyl sites for hydroxylation is 2. The first kappa shape index (κ1) is 18.2. The van der Waals surface area contributed by atoms with Crippen molar-refractivity contribution in [3.05, 3.63) is 53.2 Å². The van der Waals surface area contributed by atoms with Crippen LogP contribution < -0.4 is 0 Å². The van der Waals surface area contributed by atoms with E-state index in [1.165, 1.54) is 11.1 Å². The topological polar surface area (TPSA) is 83.0 Å². The van der Waals surface area contributed by atoms with Crippen LogP contribution in [0, 0.1) is 5.92 Å². The summed E-state index contributed by atoms with van der Waals surface area (Å²) in [5.74, 6) is 2.21. The number of carbonyl (C=O) groups is 1. The number of rotatable bonds is 7. The molecule has 0 radical (unpaired) electrons. The maximum absolute atomic E-state index is 12.8. The maximum atomic E-state index is 12.8. The Labute approximate surface area is 169 Å². The van der Waals surface area contributed by atoms with Gasteiger partial charge in [-0.1, -0.05) is 24.2 Å². The molecule has 5 rings (SSSR count). The highest BCUT2D eigenvalue weighted by Crippen LogP contribution is 2.38. The summed E-state index contributed by atoms with van der Waals surface area (Å²) in [6, 6.07) is 6.30. The van der Waals surface area contributed by atoms with Gasteiger partial charge in [-0.2, -0.15) is 10.1 Å². The Hall–Kier alpha value is -2.80. The van der Waals surface area contributed by atoms with Gasteiger partial charge in [-0.05, 0) is 36.0 Å². The second-order valence-electron chi connectivity index (χ2n) is 8.00. The summed E-state index contributed by atoms with van der Waals surface area (Å²) >= 11 is 0. The Morgan fingerprint density at radius 2 is 2.21 bits per heavy atom. The molecule has 150 valence electrons. The van der Waals surface area contributed by atoms with E-state index in [1.807, 2.05) is 23.9 Å². The summed E-state index contributed by atoms with van der Waals surface area (Å²) in [7, 11) is 0. The van der Waals surface area contributed by atoms with E-state index in [0.29, 0.717) is 29.6 Å². The van der Waals surface area contributed by atoms with Crippen LogP contribution in [0.25, 0.3) is 11.4 Å². The van der Waals surface area contributed by atoms with Gasteiger partial charge in [-0.15, -0.1) is 0 Å². The van der Waals surface area contributed by atoms with E-state index >= 15 is 0 Å². The lowest BCUT2D eigenvalue weighted by atomic mass is 9.93. The second kappa shape index (κ2) is 7.55. The summed E-state index contributed by atoms with van der Waals surface area (Å²) in [4.78, 5) is 17.2. The van der Waals surface area contributed by atoms with E-state index in [2.05, 4.69) is 27.4 Å². The van der Waals surface area contributed by atoms with Crippen molar-refractivity contribution >= 4 is 5.78 Å². The molecule has 0 amide bonds. The first-order valence-corrected chi connectivity index (χ1v) is 10.3. The first-order chi connectivity index (χ1) is 14.2. The monoisotopic (exact) mass is 392 g/mol. The van der Waals surface area contributed by atoms with Crippen molar-refractivity contribution in [2.45, 2.75) is 45.1 Å². The van der Waals surface area contributed by atoms with E-state index in [-0.39, 0.29) is 11.7 Å². The van der Waals surface area contributed by atoms with Crippen LogP contribution in [0.3, 0.4) is 0 Å². The average Bonchev–Trinajstić information content (AvgIpc) is 3.44. The van der Waals surface area contributed by atoms with Gasteiger partial charge in [0.2, 0.25) is 11.7 Å². The number of ether oxygens (including phenoxy) is 1. The largest absolute Gasteiger partial charge is 0.381 e. The maximum Gasteiger partial charge on any atom is 0.226 e. The summed E-state index contributed by atoms with van der Waals surface area (Å²) in [5.41, 5.74) is 4.22. The van der Waals surface area contributed by atoms with Gasteiger partial charge in [0.15, 0.2) is 5.78 Å². The molecule has 1 aromatic carbocycles. The van der Waals surface area contributed by atoms with Gasteiger partial charge >= 0.3 is 0 Å². The molecule has 7 nitrogen and oxygen atoms in total. The minimum atomic E-state index is 0.161. The lowest BCUT2D eigenvalue weighted by Gasteiger charge is -2.25. The van der Waals surface area contributed by atoms with Gasteiger partial charge in [0.25, 0.3) is 0 Å². The van der Waals surface area contributed by atoms with E-state index in [9.17, 15) is 4.79 Å². The van der Waals surface area contributed by atoms with Gasteiger partial charge in [0, 0.05) is 37.1 Å². The third-order valence-electron chi connectivity index (χ3n) is 5.91. The molecule has 0 unspecified atom stereocenters. The van der Waals surface area contributed by atoms with Gasteiger partial charge < -0.3 is 9.26 Å². The summed E-state index contributed by atoms with van der Waals surface area (Å²) < 4.78 is 12.3. The standard InChI is InChI=1S/C22H24N4O3/c1-2-21-24-22(25-29-21)17-5-6-19-15(7-17)3-4-16(19)8-20(27)18-9-23-26(11-18)10-14-12-28-13-14/h5-7,9,11,14,16H,2-4,8,10,12-13H2,1H3/t16-/m0/s1. The molecular weight excluding hydrogens is 368 g/mol. The molecule has 1 fully saturated rings. The minimum absolute atomic E-state index is 0.161. The number of ketones is 1. The molecule has 1 aliphatic heterocycles. The van der Waals surface area contributed by atoms with Crippen molar-refractivity contribution in [1.82, 2.24) is 19.9 Å². The highest BCUT2D eigenvalue weighted by Gasteiger charge is 2.27. The average molecular weight is 392 g/mol. The van der Waals surface area contributed by atoms with Crippen molar-refractivity contribution in [3.8, 4) is 11.4 Å². The fraction of sp³-hybridized carbons (Fsp3) is 0.455. The smallest absolute Gasteiger partial charge is 0.226 e. The van der Waals surface area contributed by atoms with Crippen molar-refractivity contribution < 1.29 is 14.1 Å². The van der Waals surface area contributed by atoms with Crippen molar-refractivity contribution in [1.29, 1.82) is 0 Å². The lowest BCUT2D eigenvalue weighted by molar-refractivity contribution is -0.0408. The van der Waals surface area contributed by atoms with Crippen LogP contribution in [0.2, 0.25) is 0 Å². The summed E-state index contributed by atoms with van der Waals surface area (Å²) in [6.45, 7) is 4.38. The molecule has 0 bridgehead atoms. The normalized spacial score (nSPS) is 18.6. The van der Waals surface area contributed by atoms with Gasteiger partial charge in [-0.3, -0.25) is 9.48 Å².